The van der Waals surface area contributed by atoms with Gasteiger partial charge in [0.15, 0.2) is 0 Å². The number of carbonyl (C=O) groups is 4. The third-order valence-corrected chi connectivity index (χ3v) is 6.12. The van der Waals surface area contributed by atoms with Gasteiger partial charge in [-0.15, -0.1) is 0 Å². The van der Waals surface area contributed by atoms with Crippen molar-refractivity contribution in [2.24, 2.45) is 0 Å². The average Bonchev–Trinajstić information content (AvgIpc) is 3.41. The summed E-state index contributed by atoms with van der Waals surface area (Å²) < 4.78 is 10.7. The fourth-order valence-electron chi connectivity index (χ4n) is 3.27. The maximum Gasteiger partial charge on any atom is 0.339 e. The lowest BCUT2D eigenvalue weighted by atomic mass is 10.2. The molecule has 0 radical (unpaired) electrons. The summed E-state index contributed by atoms with van der Waals surface area (Å²) in [5.74, 6) is -0.809. The highest BCUT2D eigenvalue weighted by Crippen LogP contribution is 2.33. The van der Waals surface area contributed by atoms with E-state index >= 15 is 0 Å². The Morgan fingerprint density at radius 3 is 2.63 bits per heavy atom. The molecule has 178 valence electrons. The quantitative estimate of drug-likeness (QED) is 0.332. The van der Waals surface area contributed by atoms with Crippen LogP contribution in [-0.2, 0) is 14.3 Å². The van der Waals surface area contributed by atoms with Crippen molar-refractivity contribution in [2.45, 2.75) is 6.92 Å². The van der Waals surface area contributed by atoms with Crippen LogP contribution in [0.2, 0.25) is 5.02 Å². The van der Waals surface area contributed by atoms with E-state index in [1.54, 1.807) is 19.1 Å². The van der Waals surface area contributed by atoms with E-state index in [1.807, 2.05) is 30.3 Å². The molecule has 1 aliphatic rings. The molecule has 3 amide bonds. The SMILES string of the molecule is CCOC(=O)c1cc(NC(=O)CN2C(=O)S/C(=C\c3ccc(-c4ccccc4)o3)C2=O)ccc1Cl. The van der Waals surface area contributed by atoms with Gasteiger partial charge in [0, 0.05) is 17.3 Å². The highest BCUT2D eigenvalue weighted by Gasteiger charge is 2.36. The van der Waals surface area contributed by atoms with E-state index in [4.69, 9.17) is 20.8 Å². The molecule has 1 aromatic heterocycles. The molecule has 0 spiro atoms. The summed E-state index contributed by atoms with van der Waals surface area (Å²) >= 11 is 6.75. The minimum atomic E-state index is -0.627. The fraction of sp³-hybridized carbons (Fsp3) is 0.120. The number of rotatable bonds is 7. The van der Waals surface area contributed by atoms with Crippen LogP contribution in [0.1, 0.15) is 23.0 Å². The Bertz CT molecular complexity index is 1330. The predicted octanol–water partition coefficient (Wildman–Crippen LogP) is 5.45. The number of hydrogen-bond acceptors (Lipinski definition) is 7. The van der Waals surface area contributed by atoms with Crippen LogP contribution in [-0.4, -0.2) is 41.1 Å². The van der Waals surface area contributed by atoms with Crippen LogP contribution in [0.15, 0.2) is 70.0 Å². The molecule has 1 N–H and O–H groups in total. The van der Waals surface area contributed by atoms with Crippen LogP contribution in [0.4, 0.5) is 10.5 Å². The van der Waals surface area contributed by atoms with Crippen LogP contribution in [0, 0.1) is 0 Å². The van der Waals surface area contributed by atoms with Crippen molar-refractivity contribution in [3.8, 4) is 11.3 Å². The molecule has 2 aromatic carbocycles. The van der Waals surface area contributed by atoms with Crippen molar-refractivity contribution in [1.82, 2.24) is 4.90 Å². The van der Waals surface area contributed by atoms with Crippen LogP contribution in [0.3, 0.4) is 0 Å². The summed E-state index contributed by atoms with van der Waals surface area (Å²) in [4.78, 5) is 50.7. The van der Waals surface area contributed by atoms with Gasteiger partial charge in [-0.3, -0.25) is 19.3 Å². The molecule has 0 unspecified atom stereocenters. The van der Waals surface area contributed by atoms with Crippen LogP contribution >= 0.6 is 23.4 Å². The average molecular weight is 511 g/mol. The molecule has 0 saturated carbocycles. The molecular weight excluding hydrogens is 492 g/mol. The van der Waals surface area contributed by atoms with Gasteiger partial charge in [-0.1, -0.05) is 41.9 Å². The molecule has 0 aliphatic carbocycles. The maximum atomic E-state index is 12.8. The summed E-state index contributed by atoms with van der Waals surface area (Å²) in [7, 11) is 0. The standard InChI is InChI=1S/C25H19ClN2O6S/c1-2-33-24(31)18-12-16(8-10-19(18)26)27-22(29)14-28-23(30)21(35-25(28)32)13-17-9-11-20(34-17)15-6-4-3-5-7-15/h3-13H,2,14H2,1H3,(H,27,29)/b21-13-. The number of nitrogens with zero attached hydrogens (tertiary/aromatic N) is 1. The van der Waals surface area contributed by atoms with Gasteiger partial charge in [-0.25, -0.2) is 4.79 Å². The second-order valence-electron chi connectivity index (χ2n) is 7.30. The van der Waals surface area contributed by atoms with Crippen molar-refractivity contribution in [3.05, 3.63) is 81.9 Å². The Morgan fingerprint density at radius 1 is 1.11 bits per heavy atom. The van der Waals surface area contributed by atoms with Gasteiger partial charge in [0.1, 0.15) is 18.1 Å². The van der Waals surface area contributed by atoms with Gasteiger partial charge in [-0.2, -0.15) is 0 Å². The molecule has 3 aromatic rings. The van der Waals surface area contributed by atoms with E-state index in [2.05, 4.69) is 5.32 Å². The van der Waals surface area contributed by atoms with Crippen molar-refractivity contribution in [1.29, 1.82) is 0 Å². The molecule has 4 rings (SSSR count). The minimum absolute atomic E-state index is 0.0914. The van der Waals surface area contributed by atoms with Gasteiger partial charge < -0.3 is 14.5 Å². The zero-order valence-corrected chi connectivity index (χ0v) is 20.0. The van der Waals surface area contributed by atoms with E-state index < -0.39 is 29.6 Å². The molecule has 1 saturated heterocycles. The van der Waals surface area contributed by atoms with Crippen molar-refractivity contribution in [3.63, 3.8) is 0 Å². The predicted molar refractivity (Wildman–Crippen MR) is 133 cm³/mol. The fourth-order valence-corrected chi connectivity index (χ4v) is 4.28. The second kappa shape index (κ2) is 10.6. The summed E-state index contributed by atoms with van der Waals surface area (Å²) in [6, 6.07) is 17.2. The van der Waals surface area contributed by atoms with Gasteiger partial charge in [0.2, 0.25) is 5.91 Å². The molecular formula is C25H19ClN2O6S. The summed E-state index contributed by atoms with van der Waals surface area (Å²) in [5.41, 5.74) is 1.24. The van der Waals surface area contributed by atoms with E-state index in [0.717, 1.165) is 22.2 Å². The first kappa shape index (κ1) is 24.3. The highest BCUT2D eigenvalue weighted by atomic mass is 35.5. The number of amides is 3. The van der Waals surface area contributed by atoms with Gasteiger partial charge in [0.25, 0.3) is 11.1 Å². The third-order valence-electron chi connectivity index (χ3n) is 4.88. The largest absolute Gasteiger partial charge is 0.462 e. The molecule has 1 aliphatic heterocycles. The first-order valence-corrected chi connectivity index (χ1v) is 11.7. The van der Waals surface area contributed by atoms with E-state index in [0.29, 0.717) is 11.5 Å². The van der Waals surface area contributed by atoms with Gasteiger partial charge >= 0.3 is 5.97 Å². The molecule has 8 nitrogen and oxygen atoms in total. The Balaban J connectivity index is 1.43. The molecule has 0 bridgehead atoms. The van der Waals surface area contributed by atoms with Crippen molar-refractivity contribution >= 4 is 58.1 Å². The lowest BCUT2D eigenvalue weighted by Crippen LogP contribution is -2.36. The molecule has 2 heterocycles. The Morgan fingerprint density at radius 2 is 1.89 bits per heavy atom. The first-order valence-electron chi connectivity index (χ1n) is 10.5. The number of anilines is 1. The molecule has 1 fully saturated rings. The van der Waals surface area contributed by atoms with E-state index in [9.17, 15) is 19.2 Å². The monoisotopic (exact) mass is 510 g/mol. The Hall–Kier alpha value is -3.82. The number of imide groups is 1. The summed E-state index contributed by atoms with van der Waals surface area (Å²) in [6.07, 6.45) is 1.47. The summed E-state index contributed by atoms with van der Waals surface area (Å²) in [6.45, 7) is 1.34. The number of furan rings is 1. The number of thioether (sulfide) groups is 1. The number of nitrogens with one attached hydrogen (secondary N) is 1. The maximum absolute atomic E-state index is 12.8. The molecule has 10 heteroatoms. The zero-order chi connectivity index (χ0) is 24.9. The summed E-state index contributed by atoms with van der Waals surface area (Å²) in [5, 5.41) is 2.16. The third kappa shape index (κ3) is 5.64. The smallest absolute Gasteiger partial charge is 0.339 e. The highest BCUT2D eigenvalue weighted by molar-refractivity contribution is 8.18. The number of hydrogen-bond donors (Lipinski definition) is 1. The number of carbonyl (C=O) groups excluding carboxylic acids is 4. The Kier molecular flexibility index (Phi) is 7.38. The molecule has 35 heavy (non-hydrogen) atoms. The lowest BCUT2D eigenvalue weighted by molar-refractivity contribution is -0.127. The van der Waals surface area contributed by atoms with Crippen molar-refractivity contribution < 1.29 is 28.3 Å². The van der Waals surface area contributed by atoms with Crippen molar-refractivity contribution in [2.75, 3.05) is 18.5 Å². The molecule has 0 atom stereocenters. The first-order chi connectivity index (χ1) is 16.9. The van der Waals surface area contributed by atoms with E-state index in [1.165, 1.54) is 24.3 Å². The topological polar surface area (TPSA) is 106 Å². The van der Waals surface area contributed by atoms with Crippen LogP contribution in [0.25, 0.3) is 17.4 Å². The minimum Gasteiger partial charge on any atom is -0.462 e. The normalized spacial score (nSPS) is 14.5. The van der Waals surface area contributed by atoms with Gasteiger partial charge in [-0.05, 0) is 49.0 Å². The second-order valence-corrected chi connectivity index (χ2v) is 8.70. The van der Waals surface area contributed by atoms with Crippen LogP contribution < -0.4 is 5.32 Å². The van der Waals surface area contributed by atoms with Crippen LogP contribution in [0.5, 0.6) is 0 Å². The Labute approximate surface area is 209 Å². The van der Waals surface area contributed by atoms with E-state index in [-0.39, 0.29) is 27.8 Å². The number of esters is 1. The number of benzene rings is 2. The zero-order valence-electron chi connectivity index (χ0n) is 18.4. The van der Waals surface area contributed by atoms with Gasteiger partial charge in [0.05, 0.1) is 22.1 Å². The number of ether oxygens (including phenoxy) is 1. The number of halogens is 1. The lowest BCUT2D eigenvalue weighted by Gasteiger charge is -2.13.